The van der Waals surface area contributed by atoms with Gasteiger partial charge in [0.1, 0.15) is 17.2 Å². The Labute approximate surface area is 140 Å². The molecular weight excluding hydrogens is 318 g/mol. The first-order valence-corrected chi connectivity index (χ1v) is 7.36. The van der Waals surface area contributed by atoms with Crippen molar-refractivity contribution in [1.82, 2.24) is 0 Å². The minimum absolute atomic E-state index is 0.300. The molecule has 0 fully saturated rings. The monoisotopic (exact) mass is 335 g/mol. The Bertz CT molecular complexity index is 673. The van der Waals surface area contributed by atoms with Gasteiger partial charge in [-0.1, -0.05) is 11.6 Å². The predicted octanol–water partition coefficient (Wildman–Crippen LogP) is 3.76. The van der Waals surface area contributed by atoms with Crippen LogP contribution in [0.2, 0.25) is 5.02 Å². The molecule has 1 atom stereocenters. The number of carbonyl (C=O) groups excluding carboxylic acids is 1. The van der Waals surface area contributed by atoms with Gasteiger partial charge in [0, 0.05) is 11.1 Å². The first-order valence-electron chi connectivity index (χ1n) is 6.98. The van der Waals surface area contributed by atoms with Crippen LogP contribution in [0.3, 0.4) is 0 Å². The number of hydrogen-bond acceptors (Lipinski definition) is 4. The number of rotatable bonds is 6. The van der Waals surface area contributed by atoms with Gasteiger partial charge in [-0.05, 0) is 43.3 Å². The average Bonchev–Trinajstić information content (AvgIpc) is 2.56. The van der Waals surface area contributed by atoms with Crippen LogP contribution in [0.15, 0.2) is 42.5 Å². The number of amides is 1. The van der Waals surface area contributed by atoms with Crippen LogP contribution in [-0.4, -0.2) is 26.2 Å². The van der Waals surface area contributed by atoms with Gasteiger partial charge in [0.25, 0.3) is 5.91 Å². The molecule has 0 aromatic heterocycles. The molecule has 6 heteroatoms. The number of anilines is 1. The van der Waals surface area contributed by atoms with Crippen LogP contribution in [0, 0.1) is 0 Å². The quantitative estimate of drug-likeness (QED) is 0.873. The fraction of sp³-hybridized carbons (Fsp3) is 0.235. The smallest absolute Gasteiger partial charge is 0.265 e. The van der Waals surface area contributed by atoms with Gasteiger partial charge in [-0.2, -0.15) is 0 Å². The van der Waals surface area contributed by atoms with Crippen molar-refractivity contribution in [3.05, 3.63) is 47.5 Å². The zero-order valence-corrected chi connectivity index (χ0v) is 13.9. The van der Waals surface area contributed by atoms with Crippen molar-refractivity contribution in [2.24, 2.45) is 0 Å². The standard InChI is InChI=1S/C17H18ClNO4/c1-11(23-13-6-4-12(18)5-7-13)17(20)19-15-10-14(21-2)8-9-16(15)22-3/h4-11H,1-3H3,(H,19,20). The van der Waals surface area contributed by atoms with E-state index in [0.29, 0.717) is 28.0 Å². The molecule has 0 aliphatic rings. The molecule has 0 aliphatic heterocycles. The Morgan fingerprint density at radius 2 is 1.70 bits per heavy atom. The first-order chi connectivity index (χ1) is 11.0. The molecule has 1 N–H and O–H groups in total. The van der Waals surface area contributed by atoms with Gasteiger partial charge in [-0.3, -0.25) is 4.79 Å². The number of carbonyl (C=O) groups is 1. The number of hydrogen-bond donors (Lipinski definition) is 1. The van der Waals surface area contributed by atoms with Crippen LogP contribution in [-0.2, 0) is 4.79 Å². The van der Waals surface area contributed by atoms with E-state index in [1.165, 1.54) is 7.11 Å². The molecule has 0 saturated carbocycles. The summed E-state index contributed by atoms with van der Waals surface area (Å²) in [5, 5.41) is 3.38. The molecule has 0 radical (unpaired) electrons. The molecule has 23 heavy (non-hydrogen) atoms. The van der Waals surface area contributed by atoms with Crippen molar-refractivity contribution >= 4 is 23.2 Å². The highest BCUT2D eigenvalue weighted by atomic mass is 35.5. The molecular formula is C17H18ClNO4. The van der Waals surface area contributed by atoms with Crippen LogP contribution in [0.25, 0.3) is 0 Å². The Hall–Kier alpha value is -2.40. The van der Waals surface area contributed by atoms with Crippen molar-refractivity contribution in [2.75, 3.05) is 19.5 Å². The molecule has 5 nitrogen and oxygen atoms in total. The van der Waals surface area contributed by atoms with Gasteiger partial charge in [-0.15, -0.1) is 0 Å². The van der Waals surface area contributed by atoms with Crippen LogP contribution < -0.4 is 19.5 Å². The zero-order valence-electron chi connectivity index (χ0n) is 13.1. The van der Waals surface area contributed by atoms with Crippen molar-refractivity contribution < 1.29 is 19.0 Å². The second-order valence-corrected chi connectivity index (χ2v) is 5.21. The van der Waals surface area contributed by atoms with Crippen molar-refractivity contribution in [1.29, 1.82) is 0 Å². The fourth-order valence-electron chi connectivity index (χ4n) is 1.92. The summed E-state index contributed by atoms with van der Waals surface area (Å²) in [7, 11) is 3.09. The van der Waals surface area contributed by atoms with E-state index in [1.54, 1.807) is 56.5 Å². The summed E-state index contributed by atoms with van der Waals surface area (Å²) in [6.45, 7) is 1.66. The van der Waals surface area contributed by atoms with Crippen LogP contribution in [0.5, 0.6) is 17.2 Å². The fourth-order valence-corrected chi connectivity index (χ4v) is 2.04. The van der Waals surface area contributed by atoms with Crippen LogP contribution in [0.4, 0.5) is 5.69 Å². The highest BCUT2D eigenvalue weighted by Gasteiger charge is 2.17. The molecule has 1 amide bonds. The summed E-state index contributed by atoms with van der Waals surface area (Å²) in [6.07, 6.45) is -0.688. The van der Waals surface area contributed by atoms with Gasteiger partial charge in [0.2, 0.25) is 0 Å². The molecule has 0 bridgehead atoms. The summed E-state index contributed by atoms with van der Waals surface area (Å²) in [5.41, 5.74) is 0.517. The van der Waals surface area contributed by atoms with Gasteiger partial charge in [-0.25, -0.2) is 0 Å². The molecule has 0 heterocycles. The summed E-state index contributed by atoms with van der Waals surface area (Å²) < 4.78 is 16.0. The molecule has 2 aromatic carbocycles. The summed E-state index contributed by atoms with van der Waals surface area (Å²) in [4.78, 5) is 12.3. The van der Waals surface area contributed by atoms with Gasteiger partial charge >= 0.3 is 0 Å². The maximum Gasteiger partial charge on any atom is 0.265 e. The minimum Gasteiger partial charge on any atom is -0.497 e. The molecule has 0 saturated heterocycles. The summed E-state index contributed by atoms with van der Waals surface area (Å²) >= 11 is 5.82. The lowest BCUT2D eigenvalue weighted by atomic mass is 10.2. The second kappa shape index (κ2) is 7.74. The zero-order chi connectivity index (χ0) is 16.8. The first kappa shape index (κ1) is 17.0. The van der Waals surface area contributed by atoms with Gasteiger partial charge < -0.3 is 19.5 Å². The third-order valence-corrected chi connectivity index (χ3v) is 3.41. The van der Waals surface area contributed by atoms with Crippen molar-refractivity contribution in [2.45, 2.75) is 13.0 Å². The lowest BCUT2D eigenvalue weighted by Crippen LogP contribution is -2.30. The Kier molecular flexibility index (Phi) is 5.71. The number of halogens is 1. The third kappa shape index (κ3) is 4.53. The maximum atomic E-state index is 12.3. The molecule has 0 aliphatic carbocycles. The highest BCUT2D eigenvalue weighted by molar-refractivity contribution is 6.30. The van der Waals surface area contributed by atoms with E-state index in [4.69, 9.17) is 25.8 Å². The van der Waals surface area contributed by atoms with Crippen LogP contribution in [0.1, 0.15) is 6.92 Å². The van der Waals surface area contributed by atoms with E-state index in [2.05, 4.69) is 5.32 Å². The largest absolute Gasteiger partial charge is 0.497 e. The van der Waals surface area contributed by atoms with Crippen molar-refractivity contribution in [3.8, 4) is 17.2 Å². The lowest BCUT2D eigenvalue weighted by Gasteiger charge is -2.16. The SMILES string of the molecule is COc1ccc(OC)c(NC(=O)C(C)Oc2ccc(Cl)cc2)c1. The van der Waals surface area contributed by atoms with E-state index < -0.39 is 6.10 Å². The Morgan fingerprint density at radius 3 is 2.30 bits per heavy atom. The van der Waals surface area contributed by atoms with Gasteiger partial charge in [0.05, 0.1) is 19.9 Å². The Balaban J connectivity index is 2.07. The van der Waals surface area contributed by atoms with Crippen molar-refractivity contribution in [3.63, 3.8) is 0 Å². The van der Waals surface area contributed by atoms with E-state index >= 15 is 0 Å². The third-order valence-electron chi connectivity index (χ3n) is 3.16. The topological polar surface area (TPSA) is 56.8 Å². The normalized spacial score (nSPS) is 11.5. The molecule has 2 aromatic rings. The number of ether oxygens (including phenoxy) is 3. The molecule has 122 valence electrons. The van der Waals surface area contributed by atoms with E-state index in [0.717, 1.165) is 0 Å². The predicted molar refractivity (Wildman–Crippen MR) is 89.7 cm³/mol. The summed E-state index contributed by atoms with van der Waals surface area (Å²) in [6, 6.07) is 12.0. The second-order valence-electron chi connectivity index (χ2n) is 4.77. The Morgan fingerprint density at radius 1 is 1.04 bits per heavy atom. The highest BCUT2D eigenvalue weighted by Crippen LogP contribution is 2.29. The van der Waals surface area contributed by atoms with E-state index in [9.17, 15) is 4.79 Å². The van der Waals surface area contributed by atoms with Gasteiger partial charge in [0.15, 0.2) is 6.10 Å². The maximum absolute atomic E-state index is 12.3. The lowest BCUT2D eigenvalue weighted by molar-refractivity contribution is -0.122. The number of methoxy groups -OCH3 is 2. The summed E-state index contributed by atoms with van der Waals surface area (Å²) in [5.74, 6) is 1.42. The molecule has 1 unspecified atom stereocenters. The average molecular weight is 336 g/mol. The number of benzene rings is 2. The van der Waals surface area contributed by atoms with Crippen LogP contribution >= 0.6 is 11.6 Å². The molecule has 2 rings (SSSR count). The number of nitrogens with one attached hydrogen (secondary N) is 1. The minimum atomic E-state index is -0.688. The molecule has 0 spiro atoms. The van der Waals surface area contributed by atoms with E-state index in [-0.39, 0.29) is 5.91 Å². The van der Waals surface area contributed by atoms with E-state index in [1.807, 2.05) is 0 Å².